The normalized spacial score (nSPS) is 19.2. The molecule has 2 heteroatoms. The van der Waals surface area contributed by atoms with Crippen LogP contribution in [0, 0.1) is 20.8 Å². The van der Waals surface area contributed by atoms with Gasteiger partial charge in [0.25, 0.3) is 0 Å². The first kappa shape index (κ1) is 16.5. The summed E-state index contributed by atoms with van der Waals surface area (Å²) in [6.07, 6.45) is 2.54. The second-order valence-electron chi connectivity index (χ2n) is 7.10. The van der Waals surface area contributed by atoms with Crippen molar-refractivity contribution in [3.05, 3.63) is 34.4 Å². The molecule has 21 heavy (non-hydrogen) atoms. The van der Waals surface area contributed by atoms with Crippen LogP contribution in [0.1, 0.15) is 61.9 Å². The van der Waals surface area contributed by atoms with E-state index in [1.54, 1.807) is 0 Å². The molecule has 1 fully saturated rings. The summed E-state index contributed by atoms with van der Waals surface area (Å²) < 4.78 is 0. The SMILES string of the molecule is Cc1cc(C)c(C(C)NC2CCN(C(C)C)CC2)c(C)c1. The lowest BCUT2D eigenvalue weighted by atomic mass is 9.93. The average Bonchev–Trinajstić information content (AvgIpc) is 2.37. The standard InChI is InChI=1S/C19H32N2/c1-13(2)21-9-7-18(8-10-21)20-17(6)19-15(4)11-14(3)12-16(19)5/h11-13,17-18,20H,7-10H2,1-6H3. The van der Waals surface area contributed by atoms with Crippen LogP contribution in [0.15, 0.2) is 12.1 Å². The van der Waals surface area contributed by atoms with E-state index < -0.39 is 0 Å². The number of hydrogen-bond donors (Lipinski definition) is 1. The van der Waals surface area contributed by atoms with Gasteiger partial charge in [-0.25, -0.2) is 0 Å². The molecule has 2 rings (SSSR count). The van der Waals surface area contributed by atoms with Crippen LogP contribution in [-0.2, 0) is 0 Å². The number of likely N-dealkylation sites (tertiary alicyclic amines) is 1. The molecule has 0 aromatic heterocycles. The molecule has 1 saturated heterocycles. The van der Waals surface area contributed by atoms with Crippen LogP contribution in [0.25, 0.3) is 0 Å². The van der Waals surface area contributed by atoms with E-state index in [0.717, 1.165) is 0 Å². The van der Waals surface area contributed by atoms with Gasteiger partial charge in [-0.15, -0.1) is 0 Å². The topological polar surface area (TPSA) is 15.3 Å². The molecule has 2 nitrogen and oxygen atoms in total. The second-order valence-corrected chi connectivity index (χ2v) is 7.10. The molecule has 0 aliphatic carbocycles. The smallest absolute Gasteiger partial charge is 0.0299 e. The summed E-state index contributed by atoms with van der Waals surface area (Å²) >= 11 is 0. The van der Waals surface area contributed by atoms with Gasteiger partial charge in [-0.3, -0.25) is 0 Å². The molecular formula is C19H32N2. The van der Waals surface area contributed by atoms with Gasteiger partial charge in [0.1, 0.15) is 0 Å². The highest BCUT2D eigenvalue weighted by molar-refractivity contribution is 5.39. The maximum Gasteiger partial charge on any atom is 0.0299 e. The number of nitrogens with zero attached hydrogens (tertiary/aromatic N) is 1. The minimum absolute atomic E-state index is 0.446. The maximum atomic E-state index is 3.87. The van der Waals surface area contributed by atoms with Crippen LogP contribution in [0.5, 0.6) is 0 Å². The van der Waals surface area contributed by atoms with Gasteiger partial charge in [-0.2, -0.15) is 0 Å². The second kappa shape index (κ2) is 6.93. The fraction of sp³-hybridized carbons (Fsp3) is 0.684. The van der Waals surface area contributed by atoms with Crippen molar-refractivity contribution in [2.45, 2.75) is 72.5 Å². The Morgan fingerprint density at radius 2 is 1.52 bits per heavy atom. The van der Waals surface area contributed by atoms with Crippen LogP contribution in [-0.4, -0.2) is 30.1 Å². The third kappa shape index (κ3) is 4.08. The minimum atomic E-state index is 0.446. The molecule has 1 aliphatic rings. The molecule has 0 saturated carbocycles. The van der Waals surface area contributed by atoms with Gasteiger partial charge >= 0.3 is 0 Å². The first-order chi connectivity index (χ1) is 9.88. The summed E-state index contributed by atoms with van der Waals surface area (Å²) in [6.45, 7) is 16.1. The van der Waals surface area contributed by atoms with Crippen molar-refractivity contribution in [3.63, 3.8) is 0 Å². The molecule has 1 aromatic rings. The summed E-state index contributed by atoms with van der Waals surface area (Å²) in [4.78, 5) is 2.59. The first-order valence-corrected chi connectivity index (χ1v) is 8.46. The van der Waals surface area contributed by atoms with E-state index in [2.05, 4.69) is 63.9 Å². The lowest BCUT2D eigenvalue weighted by Gasteiger charge is -2.36. The highest BCUT2D eigenvalue weighted by Gasteiger charge is 2.23. The zero-order valence-electron chi connectivity index (χ0n) is 14.7. The molecule has 0 spiro atoms. The molecule has 1 N–H and O–H groups in total. The Morgan fingerprint density at radius 3 is 2.00 bits per heavy atom. The van der Waals surface area contributed by atoms with Gasteiger partial charge < -0.3 is 10.2 Å². The Labute approximate surface area is 130 Å². The van der Waals surface area contributed by atoms with Crippen LogP contribution < -0.4 is 5.32 Å². The number of rotatable bonds is 4. The van der Waals surface area contributed by atoms with Crippen LogP contribution in [0.4, 0.5) is 0 Å². The first-order valence-electron chi connectivity index (χ1n) is 8.46. The molecule has 0 radical (unpaired) electrons. The zero-order valence-corrected chi connectivity index (χ0v) is 14.7. The monoisotopic (exact) mass is 288 g/mol. The fourth-order valence-corrected chi connectivity index (χ4v) is 3.89. The van der Waals surface area contributed by atoms with Gasteiger partial charge in [0.2, 0.25) is 0 Å². The molecule has 1 aromatic carbocycles. The molecule has 1 aliphatic heterocycles. The summed E-state index contributed by atoms with van der Waals surface area (Å²) in [5.74, 6) is 0. The molecule has 118 valence electrons. The Hall–Kier alpha value is -0.860. The zero-order chi connectivity index (χ0) is 15.6. The largest absolute Gasteiger partial charge is 0.307 e. The van der Waals surface area contributed by atoms with Gasteiger partial charge in [-0.1, -0.05) is 17.7 Å². The summed E-state index contributed by atoms with van der Waals surface area (Å²) in [7, 11) is 0. The van der Waals surface area contributed by atoms with Crippen molar-refractivity contribution < 1.29 is 0 Å². The quantitative estimate of drug-likeness (QED) is 0.896. The van der Waals surface area contributed by atoms with E-state index in [1.165, 1.54) is 48.2 Å². The molecule has 1 atom stereocenters. The van der Waals surface area contributed by atoms with Crippen LogP contribution in [0.3, 0.4) is 0 Å². The lowest BCUT2D eigenvalue weighted by molar-refractivity contribution is 0.157. The summed E-state index contributed by atoms with van der Waals surface area (Å²) in [6, 6.07) is 6.41. The molecular weight excluding hydrogens is 256 g/mol. The lowest BCUT2D eigenvalue weighted by Crippen LogP contribution is -2.45. The maximum absolute atomic E-state index is 3.87. The van der Waals surface area contributed by atoms with Crippen LogP contribution >= 0.6 is 0 Å². The van der Waals surface area contributed by atoms with E-state index >= 15 is 0 Å². The Balaban J connectivity index is 1.98. The van der Waals surface area contributed by atoms with Crippen molar-refractivity contribution in [2.75, 3.05) is 13.1 Å². The Kier molecular flexibility index (Phi) is 5.45. The number of nitrogens with one attached hydrogen (secondary N) is 1. The third-order valence-electron chi connectivity index (χ3n) is 4.92. The van der Waals surface area contributed by atoms with Gasteiger partial charge in [0, 0.05) is 18.1 Å². The van der Waals surface area contributed by atoms with E-state index in [9.17, 15) is 0 Å². The van der Waals surface area contributed by atoms with Crippen molar-refractivity contribution in [2.24, 2.45) is 0 Å². The Morgan fingerprint density at radius 1 is 1.00 bits per heavy atom. The van der Waals surface area contributed by atoms with E-state index in [0.29, 0.717) is 18.1 Å². The molecule has 0 amide bonds. The van der Waals surface area contributed by atoms with Crippen molar-refractivity contribution in [3.8, 4) is 0 Å². The minimum Gasteiger partial charge on any atom is -0.307 e. The van der Waals surface area contributed by atoms with Gasteiger partial charge in [0.15, 0.2) is 0 Å². The number of benzene rings is 1. The van der Waals surface area contributed by atoms with E-state index in [4.69, 9.17) is 0 Å². The number of aryl methyl sites for hydroxylation is 3. The van der Waals surface area contributed by atoms with Crippen molar-refractivity contribution >= 4 is 0 Å². The van der Waals surface area contributed by atoms with Crippen molar-refractivity contribution in [1.82, 2.24) is 10.2 Å². The van der Waals surface area contributed by atoms with E-state index in [-0.39, 0.29) is 0 Å². The third-order valence-corrected chi connectivity index (χ3v) is 4.92. The molecule has 0 bridgehead atoms. The summed E-state index contributed by atoms with van der Waals surface area (Å²) in [5.41, 5.74) is 5.71. The predicted octanol–water partition coefficient (Wildman–Crippen LogP) is 4.14. The highest BCUT2D eigenvalue weighted by Crippen LogP contribution is 2.25. The highest BCUT2D eigenvalue weighted by atomic mass is 15.2. The van der Waals surface area contributed by atoms with Crippen LogP contribution in [0.2, 0.25) is 0 Å². The van der Waals surface area contributed by atoms with Gasteiger partial charge in [-0.05, 0) is 84.2 Å². The average molecular weight is 288 g/mol. The van der Waals surface area contributed by atoms with E-state index in [1.807, 2.05) is 0 Å². The van der Waals surface area contributed by atoms with Gasteiger partial charge in [0.05, 0.1) is 0 Å². The molecule has 1 heterocycles. The fourth-order valence-electron chi connectivity index (χ4n) is 3.89. The van der Waals surface area contributed by atoms with Crippen molar-refractivity contribution in [1.29, 1.82) is 0 Å². The molecule has 1 unspecified atom stereocenters. The number of hydrogen-bond acceptors (Lipinski definition) is 2. The number of piperidine rings is 1. The summed E-state index contributed by atoms with van der Waals surface area (Å²) in [5, 5.41) is 3.87. The Bertz CT molecular complexity index is 447. The predicted molar refractivity (Wildman–Crippen MR) is 91.9 cm³/mol.